The van der Waals surface area contributed by atoms with E-state index in [1.807, 2.05) is 6.07 Å². The number of carbonyl (C=O) groups is 1. The van der Waals surface area contributed by atoms with Gasteiger partial charge in [0.05, 0.1) is 6.21 Å². The Morgan fingerprint density at radius 3 is 2.75 bits per heavy atom. The Labute approximate surface area is 169 Å². The number of carbonyl (C=O) groups excluding carboxylic acids is 1. The number of hydrogen-bond acceptors (Lipinski definition) is 4. The highest BCUT2D eigenvalue weighted by molar-refractivity contribution is 6.31. The molecule has 0 radical (unpaired) electrons. The molecule has 3 aromatic rings. The summed E-state index contributed by atoms with van der Waals surface area (Å²) >= 11 is 5.97. The molecule has 0 aliphatic carbocycles. The van der Waals surface area contributed by atoms with E-state index >= 15 is 0 Å². The fraction of sp³-hybridized carbons (Fsp3) is 0.273. The molecular formula is C22H22ClN3O2. The van der Waals surface area contributed by atoms with Crippen LogP contribution in [0.1, 0.15) is 40.9 Å². The van der Waals surface area contributed by atoms with Gasteiger partial charge >= 0.3 is 5.91 Å². The second-order valence-electron chi connectivity index (χ2n) is 7.08. The van der Waals surface area contributed by atoms with E-state index < -0.39 is 5.91 Å². The van der Waals surface area contributed by atoms with E-state index in [0.29, 0.717) is 10.6 Å². The Morgan fingerprint density at radius 2 is 1.96 bits per heavy atom. The summed E-state index contributed by atoms with van der Waals surface area (Å²) in [4.78, 5) is 14.7. The zero-order chi connectivity index (χ0) is 19.5. The van der Waals surface area contributed by atoms with Crippen molar-refractivity contribution in [2.75, 3.05) is 18.0 Å². The lowest BCUT2D eigenvalue weighted by molar-refractivity contribution is 0.0929. The van der Waals surface area contributed by atoms with Crippen molar-refractivity contribution in [3.8, 4) is 0 Å². The van der Waals surface area contributed by atoms with Gasteiger partial charge in [0.1, 0.15) is 5.58 Å². The van der Waals surface area contributed by atoms with Crippen molar-refractivity contribution in [3.63, 3.8) is 0 Å². The number of halogens is 1. The lowest BCUT2D eigenvalue weighted by atomic mass is 10.1. The Bertz CT molecular complexity index is 1040. The predicted molar refractivity (Wildman–Crippen MR) is 114 cm³/mol. The van der Waals surface area contributed by atoms with E-state index in [4.69, 9.17) is 16.0 Å². The van der Waals surface area contributed by atoms with Crippen LogP contribution in [0, 0.1) is 6.92 Å². The molecule has 0 bridgehead atoms. The minimum absolute atomic E-state index is 0.201. The van der Waals surface area contributed by atoms with Crippen molar-refractivity contribution >= 4 is 40.4 Å². The molecule has 0 unspecified atom stereocenters. The molecule has 0 saturated carbocycles. The number of benzene rings is 2. The van der Waals surface area contributed by atoms with Crippen LogP contribution in [0.3, 0.4) is 0 Å². The van der Waals surface area contributed by atoms with E-state index in [1.165, 1.54) is 24.9 Å². The largest absolute Gasteiger partial charge is 0.451 e. The summed E-state index contributed by atoms with van der Waals surface area (Å²) < 4.78 is 5.54. The van der Waals surface area contributed by atoms with E-state index in [1.54, 1.807) is 30.5 Å². The maximum absolute atomic E-state index is 12.3. The zero-order valence-corrected chi connectivity index (χ0v) is 16.5. The highest BCUT2D eigenvalue weighted by atomic mass is 35.5. The minimum Gasteiger partial charge on any atom is -0.451 e. The second kappa shape index (κ2) is 8.07. The molecule has 5 nitrogen and oxygen atoms in total. The first-order valence-electron chi connectivity index (χ1n) is 9.48. The van der Waals surface area contributed by atoms with Gasteiger partial charge in [0.15, 0.2) is 5.76 Å². The van der Waals surface area contributed by atoms with Gasteiger partial charge < -0.3 is 9.32 Å². The third-order valence-electron chi connectivity index (χ3n) is 5.05. The first kappa shape index (κ1) is 18.6. The van der Waals surface area contributed by atoms with Crippen molar-refractivity contribution in [1.82, 2.24) is 5.43 Å². The molecule has 1 fully saturated rings. The van der Waals surface area contributed by atoms with Gasteiger partial charge in [-0.15, -0.1) is 0 Å². The third-order valence-corrected chi connectivity index (χ3v) is 5.28. The quantitative estimate of drug-likeness (QED) is 0.491. The van der Waals surface area contributed by atoms with Gasteiger partial charge in [0, 0.05) is 29.2 Å². The highest BCUT2D eigenvalue weighted by Crippen LogP contribution is 2.24. The fourth-order valence-electron chi connectivity index (χ4n) is 3.50. The summed E-state index contributed by atoms with van der Waals surface area (Å²) in [7, 11) is 0. The lowest BCUT2D eigenvalue weighted by Gasteiger charge is -2.29. The molecule has 2 aromatic carbocycles. The van der Waals surface area contributed by atoms with Gasteiger partial charge in [-0.2, -0.15) is 5.10 Å². The number of nitrogens with zero attached hydrogens (tertiary/aromatic N) is 2. The number of nitrogens with one attached hydrogen (secondary N) is 1. The van der Waals surface area contributed by atoms with E-state index in [-0.39, 0.29) is 5.76 Å². The van der Waals surface area contributed by atoms with Crippen LogP contribution in [-0.2, 0) is 0 Å². The van der Waals surface area contributed by atoms with E-state index in [9.17, 15) is 4.79 Å². The van der Waals surface area contributed by atoms with Crippen molar-refractivity contribution in [2.45, 2.75) is 26.2 Å². The number of hydrogen-bond donors (Lipinski definition) is 1. The van der Waals surface area contributed by atoms with Crippen LogP contribution in [0.5, 0.6) is 0 Å². The number of hydrazone groups is 1. The first-order valence-corrected chi connectivity index (χ1v) is 9.86. The highest BCUT2D eigenvalue weighted by Gasteiger charge is 2.13. The maximum Gasteiger partial charge on any atom is 0.307 e. The predicted octanol–water partition coefficient (Wildman–Crippen LogP) is 5.15. The average molecular weight is 396 g/mol. The standard InChI is InChI=1S/C22H22ClN3O2/c1-15-11-19(26-9-3-2-4-10-26)7-5-16(15)14-24-25-22(27)21-13-17-12-18(23)6-8-20(17)28-21/h5-8,11-14H,2-4,9-10H2,1H3,(H,25,27)/b24-14+. The Kier molecular flexibility index (Phi) is 5.35. The molecular weight excluding hydrogens is 374 g/mol. The van der Waals surface area contributed by atoms with Crippen molar-refractivity contribution < 1.29 is 9.21 Å². The molecule has 1 aromatic heterocycles. The van der Waals surface area contributed by atoms with Gasteiger partial charge in [-0.1, -0.05) is 17.7 Å². The minimum atomic E-state index is -0.397. The van der Waals surface area contributed by atoms with Crippen LogP contribution in [0.15, 0.2) is 52.0 Å². The third kappa shape index (κ3) is 4.04. The summed E-state index contributed by atoms with van der Waals surface area (Å²) in [6, 6.07) is 13.2. The summed E-state index contributed by atoms with van der Waals surface area (Å²) in [5.41, 5.74) is 6.48. The molecule has 1 aliphatic rings. The summed E-state index contributed by atoms with van der Waals surface area (Å²) in [6.45, 7) is 4.29. The van der Waals surface area contributed by atoms with Crippen LogP contribution in [0.4, 0.5) is 5.69 Å². The number of aryl methyl sites for hydroxylation is 1. The Morgan fingerprint density at radius 1 is 1.14 bits per heavy atom. The monoisotopic (exact) mass is 395 g/mol. The van der Waals surface area contributed by atoms with Gasteiger partial charge in [-0.05, 0) is 73.7 Å². The van der Waals surface area contributed by atoms with Gasteiger partial charge in [-0.3, -0.25) is 4.79 Å². The molecule has 28 heavy (non-hydrogen) atoms. The molecule has 2 heterocycles. The average Bonchev–Trinajstić information content (AvgIpc) is 3.13. The van der Waals surface area contributed by atoms with Crippen molar-refractivity contribution in [3.05, 3.63) is 64.4 Å². The van der Waals surface area contributed by atoms with Crippen LogP contribution in [0.2, 0.25) is 5.02 Å². The number of piperidine rings is 1. The normalized spacial score (nSPS) is 14.7. The number of amides is 1. The summed E-state index contributed by atoms with van der Waals surface area (Å²) in [5.74, 6) is -0.197. The van der Waals surface area contributed by atoms with Crippen LogP contribution in [0.25, 0.3) is 11.0 Å². The molecule has 1 aliphatic heterocycles. The van der Waals surface area contributed by atoms with Crippen molar-refractivity contribution in [1.29, 1.82) is 0 Å². The lowest BCUT2D eigenvalue weighted by Crippen LogP contribution is -2.29. The fourth-order valence-corrected chi connectivity index (χ4v) is 3.68. The summed E-state index contributed by atoms with van der Waals surface area (Å²) in [5, 5.41) is 5.47. The van der Waals surface area contributed by atoms with Crippen LogP contribution < -0.4 is 10.3 Å². The number of anilines is 1. The van der Waals surface area contributed by atoms with Crippen LogP contribution >= 0.6 is 11.6 Å². The van der Waals surface area contributed by atoms with E-state index in [2.05, 4.69) is 34.5 Å². The topological polar surface area (TPSA) is 57.8 Å². The van der Waals surface area contributed by atoms with Gasteiger partial charge in [-0.25, -0.2) is 5.43 Å². The molecule has 0 spiro atoms. The number of fused-ring (bicyclic) bond motifs is 1. The van der Waals surface area contributed by atoms with Crippen molar-refractivity contribution in [2.24, 2.45) is 5.10 Å². The molecule has 1 saturated heterocycles. The Hall–Kier alpha value is -2.79. The van der Waals surface area contributed by atoms with Gasteiger partial charge in [0.2, 0.25) is 0 Å². The van der Waals surface area contributed by atoms with Gasteiger partial charge in [0.25, 0.3) is 0 Å². The SMILES string of the molecule is Cc1cc(N2CCCCC2)ccc1/C=N/NC(=O)c1cc2cc(Cl)ccc2o1. The molecule has 1 N–H and O–H groups in total. The molecule has 1 amide bonds. The molecule has 144 valence electrons. The Balaban J connectivity index is 1.42. The number of furan rings is 1. The second-order valence-corrected chi connectivity index (χ2v) is 7.52. The molecule has 6 heteroatoms. The molecule has 0 atom stereocenters. The zero-order valence-electron chi connectivity index (χ0n) is 15.7. The maximum atomic E-state index is 12.3. The summed E-state index contributed by atoms with van der Waals surface area (Å²) in [6.07, 6.45) is 5.48. The smallest absolute Gasteiger partial charge is 0.307 e. The molecule has 4 rings (SSSR count). The van der Waals surface area contributed by atoms with Crippen LogP contribution in [-0.4, -0.2) is 25.2 Å². The first-order chi connectivity index (χ1) is 13.6. The number of rotatable bonds is 4. The van der Waals surface area contributed by atoms with E-state index in [0.717, 1.165) is 29.6 Å².